The average molecular weight is 463 g/mol. The molecule has 0 bridgehead atoms. The van der Waals surface area contributed by atoms with Crippen molar-refractivity contribution < 1.29 is 14.0 Å². The van der Waals surface area contributed by atoms with E-state index in [4.69, 9.17) is 0 Å². The first-order valence-corrected chi connectivity index (χ1v) is 12.2. The third-order valence-electron chi connectivity index (χ3n) is 7.04. The van der Waals surface area contributed by atoms with E-state index < -0.39 is 0 Å². The SMILES string of the molecule is CC(C(=O)NC1CC1)N1CCN(C(=O)CCc2c(-c3ccccc3)[nH]c3ccc(F)cc23)CC1. The molecule has 178 valence electrons. The molecule has 1 unspecified atom stereocenters. The van der Waals surface area contributed by atoms with Gasteiger partial charge in [-0.15, -0.1) is 0 Å². The number of hydrogen-bond acceptors (Lipinski definition) is 3. The van der Waals surface area contributed by atoms with Crippen molar-refractivity contribution in [1.29, 1.82) is 0 Å². The molecule has 2 amide bonds. The fraction of sp³-hybridized carbons (Fsp3) is 0.407. The summed E-state index contributed by atoms with van der Waals surface area (Å²) >= 11 is 0. The van der Waals surface area contributed by atoms with Gasteiger partial charge in [0.15, 0.2) is 0 Å². The van der Waals surface area contributed by atoms with Crippen molar-refractivity contribution in [3.8, 4) is 11.3 Å². The van der Waals surface area contributed by atoms with E-state index in [1.54, 1.807) is 12.1 Å². The van der Waals surface area contributed by atoms with Crippen LogP contribution in [-0.4, -0.2) is 64.9 Å². The van der Waals surface area contributed by atoms with Gasteiger partial charge in [-0.05, 0) is 55.5 Å². The molecule has 5 rings (SSSR count). The van der Waals surface area contributed by atoms with E-state index in [0.29, 0.717) is 45.1 Å². The van der Waals surface area contributed by atoms with Gasteiger partial charge in [0.2, 0.25) is 11.8 Å². The Morgan fingerprint density at radius 3 is 2.53 bits per heavy atom. The summed E-state index contributed by atoms with van der Waals surface area (Å²) in [4.78, 5) is 32.9. The van der Waals surface area contributed by atoms with E-state index in [9.17, 15) is 14.0 Å². The summed E-state index contributed by atoms with van der Waals surface area (Å²) in [7, 11) is 0. The Labute approximate surface area is 199 Å². The highest BCUT2D eigenvalue weighted by Gasteiger charge is 2.31. The number of nitrogens with one attached hydrogen (secondary N) is 2. The van der Waals surface area contributed by atoms with Gasteiger partial charge in [0, 0.05) is 55.2 Å². The molecule has 1 aliphatic heterocycles. The van der Waals surface area contributed by atoms with Gasteiger partial charge in [0.1, 0.15) is 5.82 Å². The van der Waals surface area contributed by atoms with Crippen molar-refractivity contribution in [2.45, 2.75) is 44.7 Å². The van der Waals surface area contributed by atoms with Crippen LogP contribution in [0, 0.1) is 5.82 Å². The maximum atomic E-state index is 14.0. The average Bonchev–Trinajstić information content (AvgIpc) is 3.61. The zero-order valence-corrected chi connectivity index (χ0v) is 19.5. The van der Waals surface area contributed by atoms with Crippen LogP contribution in [0.5, 0.6) is 0 Å². The number of carbonyl (C=O) groups excluding carboxylic acids is 2. The molecule has 1 atom stereocenters. The number of aromatic amines is 1. The summed E-state index contributed by atoms with van der Waals surface area (Å²) in [6.45, 7) is 4.56. The number of piperazine rings is 1. The van der Waals surface area contributed by atoms with Crippen LogP contribution in [-0.2, 0) is 16.0 Å². The fourth-order valence-electron chi connectivity index (χ4n) is 4.79. The Balaban J connectivity index is 1.24. The molecule has 0 spiro atoms. The predicted molar refractivity (Wildman–Crippen MR) is 131 cm³/mol. The van der Waals surface area contributed by atoms with E-state index in [1.165, 1.54) is 6.07 Å². The first kappa shape index (κ1) is 22.6. The standard InChI is InChI=1S/C27H31FN4O2/c1-18(27(34)29-21-8-9-21)31-13-15-32(16-14-31)25(33)12-10-22-23-17-20(28)7-11-24(23)30-26(22)19-5-3-2-4-6-19/h2-7,11,17-18,21,30H,8-10,12-16H2,1H3,(H,29,34). The smallest absolute Gasteiger partial charge is 0.237 e. The minimum absolute atomic E-state index is 0.0855. The van der Waals surface area contributed by atoms with Gasteiger partial charge in [-0.2, -0.15) is 0 Å². The highest BCUT2D eigenvalue weighted by atomic mass is 19.1. The van der Waals surface area contributed by atoms with Crippen molar-refractivity contribution in [2.24, 2.45) is 0 Å². The number of benzene rings is 2. The quantitative estimate of drug-likeness (QED) is 0.562. The Hall–Kier alpha value is -3.19. The number of rotatable bonds is 7. The first-order valence-electron chi connectivity index (χ1n) is 12.2. The summed E-state index contributed by atoms with van der Waals surface area (Å²) in [5, 5.41) is 3.89. The maximum absolute atomic E-state index is 14.0. The van der Waals surface area contributed by atoms with Crippen molar-refractivity contribution in [3.05, 3.63) is 59.9 Å². The van der Waals surface area contributed by atoms with Crippen molar-refractivity contribution >= 4 is 22.7 Å². The fourth-order valence-corrected chi connectivity index (χ4v) is 4.79. The molecule has 1 saturated carbocycles. The Morgan fingerprint density at radius 2 is 1.82 bits per heavy atom. The summed E-state index contributed by atoms with van der Waals surface area (Å²) in [5.74, 6) is -0.101. The molecular weight excluding hydrogens is 431 g/mol. The molecule has 7 heteroatoms. The normalized spacial score (nSPS) is 17.6. The van der Waals surface area contributed by atoms with Gasteiger partial charge < -0.3 is 15.2 Å². The van der Waals surface area contributed by atoms with Crippen LogP contribution in [0.25, 0.3) is 22.2 Å². The van der Waals surface area contributed by atoms with Crippen molar-refractivity contribution in [2.75, 3.05) is 26.2 Å². The molecule has 3 aromatic rings. The topological polar surface area (TPSA) is 68.4 Å². The number of carbonyl (C=O) groups is 2. The van der Waals surface area contributed by atoms with E-state index in [-0.39, 0.29) is 23.7 Å². The molecule has 6 nitrogen and oxygen atoms in total. The number of H-pyrrole nitrogens is 1. The molecule has 1 saturated heterocycles. The van der Waals surface area contributed by atoms with Crippen LogP contribution in [0.3, 0.4) is 0 Å². The van der Waals surface area contributed by atoms with E-state index in [1.807, 2.05) is 42.2 Å². The van der Waals surface area contributed by atoms with E-state index in [0.717, 1.165) is 40.6 Å². The van der Waals surface area contributed by atoms with Crippen LogP contribution in [0.4, 0.5) is 4.39 Å². The van der Waals surface area contributed by atoms with E-state index in [2.05, 4.69) is 15.2 Å². The number of amides is 2. The van der Waals surface area contributed by atoms with Crippen LogP contribution in [0.15, 0.2) is 48.5 Å². The Kier molecular flexibility index (Phi) is 6.37. The second-order valence-corrected chi connectivity index (χ2v) is 9.41. The zero-order valence-electron chi connectivity index (χ0n) is 19.5. The Morgan fingerprint density at radius 1 is 1.09 bits per heavy atom. The molecule has 2 aromatic carbocycles. The van der Waals surface area contributed by atoms with Gasteiger partial charge in [-0.1, -0.05) is 30.3 Å². The van der Waals surface area contributed by atoms with Crippen LogP contribution in [0.2, 0.25) is 0 Å². The summed E-state index contributed by atoms with van der Waals surface area (Å²) in [6.07, 6.45) is 3.06. The van der Waals surface area contributed by atoms with Gasteiger partial charge in [0.05, 0.1) is 6.04 Å². The minimum Gasteiger partial charge on any atom is -0.354 e. The second-order valence-electron chi connectivity index (χ2n) is 9.41. The van der Waals surface area contributed by atoms with Crippen LogP contribution in [0.1, 0.15) is 31.7 Å². The number of nitrogens with zero attached hydrogens (tertiary/aromatic N) is 2. The molecule has 0 radical (unpaired) electrons. The lowest BCUT2D eigenvalue weighted by molar-refractivity contribution is -0.134. The minimum atomic E-state index is -0.283. The van der Waals surface area contributed by atoms with E-state index >= 15 is 0 Å². The molecule has 2 fully saturated rings. The summed E-state index contributed by atoms with van der Waals surface area (Å²) in [6, 6.07) is 14.9. The van der Waals surface area contributed by atoms with Crippen LogP contribution < -0.4 is 5.32 Å². The third-order valence-corrected chi connectivity index (χ3v) is 7.04. The number of aromatic nitrogens is 1. The van der Waals surface area contributed by atoms with Gasteiger partial charge in [0.25, 0.3) is 0 Å². The zero-order chi connectivity index (χ0) is 23.7. The third kappa shape index (κ3) is 4.85. The molecule has 1 aromatic heterocycles. The molecule has 2 N–H and O–H groups in total. The highest BCUT2D eigenvalue weighted by Crippen LogP contribution is 2.32. The molecule has 2 heterocycles. The van der Waals surface area contributed by atoms with Crippen molar-refractivity contribution in [3.63, 3.8) is 0 Å². The number of aryl methyl sites for hydroxylation is 1. The van der Waals surface area contributed by atoms with Gasteiger partial charge >= 0.3 is 0 Å². The summed E-state index contributed by atoms with van der Waals surface area (Å²) < 4.78 is 14.0. The highest BCUT2D eigenvalue weighted by molar-refractivity contribution is 5.91. The molecular formula is C27H31FN4O2. The molecule has 1 aliphatic carbocycles. The molecule has 34 heavy (non-hydrogen) atoms. The monoisotopic (exact) mass is 462 g/mol. The van der Waals surface area contributed by atoms with Crippen LogP contribution >= 0.6 is 0 Å². The Bertz CT molecular complexity index is 1180. The molecule has 2 aliphatic rings. The number of halogens is 1. The number of hydrogen-bond donors (Lipinski definition) is 2. The lowest BCUT2D eigenvalue weighted by Crippen LogP contribution is -2.55. The number of fused-ring (bicyclic) bond motifs is 1. The van der Waals surface area contributed by atoms with Gasteiger partial charge in [-0.3, -0.25) is 14.5 Å². The lowest BCUT2D eigenvalue weighted by Gasteiger charge is -2.37. The summed E-state index contributed by atoms with van der Waals surface area (Å²) in [5.41, 5.74) is 3.80. The predicted octanol–water partition coefficient (Wildman–Crippen LogP) is 3.72. The largest absolute Gasteiger partial charge is 0.354 e. The van der Waals surface area contributed by atoms with Crippen molar-refractivity contribution in [1.82, 2.24) is 20.1 Å². The second kappa shape index (κ2) is 9.58. The maximum Gasteiger partial charge on any atom is 0.237 e. The first-order chi connectivity index (χ1) is 16.5. The lowest BCUT2D eigenvalue weighted by atomic mass is 10.0. The van der Waals surface area contributed by atoms with Gasteiger partial charge in [-0.25, -0.2) is 4.39 Å².